The molecule has 1 unspecified atom stereocenters. The van der Waals surface area contributed by atoms with E-state index < -0.39 is 6.04 Å². The average Bonchev–Trinajstić information content (AvgIpc) is 3.46. The maximum atomic E-state index is 13.8. The lowest BCUT2D eigenvalue weighted by Crippen LogP contribution is -2.29. The number of fused-ring (bicyclic) bond motifs is 1. The minimum absolute atomic E-state index is 0.00543. The summed E-state index contributed by atoms with van der Waals surface area (Å²) in [6.45, 7) is 6.84. The zero-order valence-electron chi connectivity index (χ0n) is 22.8. The third kappa shape index (κ3) is 5.23. The smallest absolute Gasteiger partial charge is 0.273 e. The molecule has 3 aromatic carbocycles. The molecule has 9 heteroatoms. The van der Waals surface area contributed by atoms with E-state index in [2.05, 4.69) is 24.0 Å². The molecule has 1 aliphatic rings. The number of nitrogens with zero attached hydrogens (tertiary/aromatic N) is 2. The van der Waals surface area contributed by atoms with E-state index in [1.807, 2.05) is 18.2 Å². The number of H-pyrrole nitrogens is 1. The van der Waals surface area contributed by atoms with Gasteiger partial charge >= 0.3 is 0 Å². The molecular weight excluding hydrogens is 533 g/mol. The van der Waals surface area contributed by atoms with Gasteiger partial charge in [0, 0.05) is 22.7 Å². The van der Waals surface area contributed by atoms with Gasteiger partial charge in [-0.25, -0.2) is 4.39 Å². The van der Waals surface area contributed by atoms with E-state index >= 15 is 0 Å². The second-order valence-corrected chi connectivity index (χ2v) is 10.8. The minimum Gasteiger partial charge on any atom is -0.507 e. The van der Waals surface area contributed by atoms with Gasteiger partial charge in [-0.15, -0.1) is 0 Å². The molecule has 1 amide bonds. The first kappa shape index (κ1) is 27.5. The number of aryl methyl sites for hydroxylation is 1. The number of aromatic hydroxyl groups is 1. The minimum atomic E-state index is -0.584. The fourth-order valence-corrected chi connectivity index (χ4v) is 5.10. The number of phenolic OH excluding ortho intramolecular Hbond substituents is 1. The molecule has 1 atom stereocenters. The van der Waals surface area contributed by atoms with Crippen LogP contribution in [-0.4, -0.2) is 39.8 Å². The molecule has 1 aliphatic heterocycles. The number of carbonyl (C=O) groups is 1. The number of aromatic nitrogens is 2. The van der Waals surface area contributed by atoms with E-state index in [4.69, 9.17) is 21.1 Å². The molecule has 0 aliphatic carbocycles. The standard InChI is InChI=1S/C31H31ClFN3O4/c1-17(2)11-12-40-25-10-7-20(14-26(25)39-4)30-27-28(22-15-23(32)18(3)13-24(22)37)34-35-29(27)31(38)36(30)16-19-5-8-21(33)9-6-19/h5-10,13-15,17,30,37H,11-12,16H2,1-4H3,(H,34,35). The number of halogens is 2. The molecule has 0 saturated carbocycles. The number of nitrogens with one attached hydrogen (secondary N) is 1. The monoisotopic (exact) mass is 563 g/mol. The first-order chi connectivity index (χ1) is 19.2. The van der Waals surface area contributed by atoms with Crippen LogP contribution >= 0.6 is 11.6 Å². The van der Waals surface area contributed by atoms with Gasteiger partial charge in [-0.1, -0.05) is 43.6 Å². The zero-order chi connectivity index (χ0) is 28.6. The van der Waals surface area contributed by atoms with Gasteiger partial charge in [-0.3, -0.25) is 9.89 Å². The molecule has 0 fully saturated rings. The van der Waals surface area contributed by atoms with Gasteiger partial charge in [0.15, 0.2) is 11.5 Å². The van der Waals surface area contributed by atoms with Gasteiger partial charge in [-0.2, -0.15) is 5.10 Å². The van der Waals surface area contributed by atoms with Crippen LogP contribution in [0.15, 0.2) is 54.6 Å². The summed E-state index contributed by atoms with van der Waals surface area (Å²) in [5, 5.41) is 18.6. The Morgan fingerprint density at radius 2 is 1.88 bits per heavy atom. The second-order valence-electron chi connectivity index (χ2n) is 10.4. The molecule has 208 valence electrons. The van der Waals surface area contributed by atoms with Crippen molar-refractivity contribution in [1.29, 1.82) is 0 Å². The Kier molecular flexibility index (Phi) is 7.72. The van der Waals surface area contributed by atoms with Crippen molar-refractivity contribution in [3.63, 3.8) is 0 Å². The molecule has 4 aromatic rings. The number of amides is 1. The molecule has 1 aromatic heterocycles. The van der Waals surface area contributed by atoms with Crippen LogP contribution in [0.4, 0.5) is 4.39 Å². The number of hydrogen-bond donors (Lipinski definition) is 2. The van der Waals surface area contributed by atoms with Crippen LogP contribution in [0.3, 0.4) is 0 Å². The van der Waals surface area contributed by atoms with Crippen LogP contribution in [0.1, 0.15) is 59.1 Å². The number of aromatic amines is 1. The van der Waals surface area contributed by atoms with Crippen molar-refractivity contribution >= 4 is 17.5 Å². The van der Waals surface area contributed by atoms with E-state index in [-0.39, 0.29) is 24.0 Å². The van der Waals surface area contributed by atoms with E-state index in [0.29, 0.717) is 51.6 Å². The molecule has 5 rings (SSSR count). The number of hydrogen-bond acceptors (Lipinski definition) is 5. The van der Waals surface area contributed by atoms with Crippen LogP contribution in [0.5, 0.6) is 17.2 Å². The first-order valence-corrected chi connectivity index (χ1v) is 13.5. The van der Waals surface area contributed by atoms with Crippen LogP contribution in [0.2, 0.25) is 5.02 Å². The Bertz CT molecular complexity index is 1550. The summed E-state index contributed by atoms with van der Waals surface area (Å²) in [7, 11) is 1.57. The van der Waals surface area contributed by atoms with E-state index in [9.17, 15) is 14.3 Å². The van der Waals surface area contributed by atoms with E-state index in [1.165, 1.54) is 12.1 Å². The first-order valence-electron chi connectivity index (χ1n) is 13.1. The lowest BCUT2D eigenvalue weighted by molar-refractivity contribution is 0.0730. The van der Waals surface area contributed by atoms with Crippen molar-refractivity contribution in [2.24, 2.45) is 5.92 Å². The molecule has 7 nitrogen and oxygen atoms in total. The molecule has 40 heavy (non-hydrogen) atoms. The quantitative estimate of drug-likeness (QED) is 0.227. The van der Waals surface area contributed by atoms with Crippen LogP contribution in [-0.2, 0) is 6.54 Å². The SMILES string of the molecule is COc1cc(C2c3c(-c4cc(Cl)c(C)cc4O)n[nH]c3C(=O)N2Cc2ccc(F)cc2)ccc1OCCC(C)C. The summed E-state index contributed by atoms with van der Waals surface area (Å²) < 4.78 is 25.3. The number of rotatable bonds is 9. The van der Waals surface area contributed by atoms with Gasteiger partial charge in [-0.05, 0) is 72.4 Å². The van der Waals surface area contributed by atoms with Gasteiger partial charge in [0.25, 0.3) is 5.91 Å². The Morgan fingerprint density at radius 3 is 2.58 bits per heavy atom. The number of phenols is 1. The van der Waals surface area contributed by atoms with Crippen LogP contribution in [0.25, 0.3) is 11.3 Å². The van der Waals surface area contributed by atoms with Crippen LogP contribution in [0, 0.1) is 18.7 Å². The Hall–Kier alpha value is -4.04. The number of methoxy groups -OCH3 is 1. The van der Waals surface area contributed by atoms with Crippen molar-refractivity contribution in [3.8, 4) is 28.5 Å². The Morgan fingerprint density at radius 1 is 1.12 bits per heavy atom. The third-order valence-corrected chi connectivity index (χ3v) is 7.53. The summed E-state index contributed by atoms with van der Waals surface area (Å²) in [5.74, 6) is 1.03. The van der Waals surface area contributed by atoms with Gasteiger partial charge in [0.1, 0.15) is 23.0 Å². The highest BCUT2D eigenvalue weighted by Gasteiger charge is 2.43. The predicted octanol–water partition coefficient (Wildman–Crippen LogP) is 7.06. The topological polar surface area (TPSA) is 87.7 Å². The highest BCUT2D eigenvalue weighted by atomic mass is 35.5. The van der Waals surface area contributed by atoms with Gasteiger partial charge in [0.05, 0.1) is 19.8 Å². The molecule has 0 saturated heterocycles. The lowest BCUT2D eigenvalue weighted by Gasteiger charge is -2.27. The number of ether oxygens (including phenoxy) is 2. The van der Waals surface area contributed by atoms with Crippen molar-refractivity contribution in [3.05, 3.63) is 93.4 Å². The highest BCUT2D eigenvalue weighted by Crippen LogP contribution is 2.47. The summed E-state index contributed by atoms with van der Waals surface area (Å²) in [5.41, 5.74) is 4.01. The maximum Gasteiger partial charge on any atom is 0.273 e. The Labute approximate surface area is 237 Å². The predicted molar refractivity (Wildman–Crippen MR) is 151 cm³/mol. The molecule has 0 spiro atoms. The number of benzene rings is 3. The van der Waals surface area contributed by atoms with Crippen LogP contribution < -0.4 is 9.47 Å². The average molecular weight is 564 g/mol. The summed E-state index contributed by atoms with van der Waals surface area (Å²) in [6, 6.07) is 14.3. The molecular formula is C31H31ClFN3O4. The van der Waals surface area contributed by atoms with Crippen molar-refractivity contribution < 1.29 is 23.8 Å². The molecule has 2 N–H and O–H groups in total. The second kappa shape index (κ2) is 11.2. The van der Waals surface area contributed by atoms with Gasteiger partial charge < -0.3 is 19.5 Å². The lowest BCUT2D eigenvalue weighted by atomic mass is 9.94. The van der Waals surface area contributed by atoms with Crippen molar-refractivity contribution in [1.82, 2.24) is 15.1 Å². The highest BCUT2D eigenvalue weighted by molar-refractivity contribution is 6.31. The molecule has 0 bridgehead atoms. The van der Waals surface area contributed by atoms with E-state index in [0.717, 1.165) is 23.1 Å². The zero-order valence-corrected chi connectivity index (χ0v) is 23.6. The summed E-state index contributed by atoms with van der Waals surface area (Å²) in [4.78, 5) is 15.5. The maximum absolute atomic E-state index is 13.8. The summed E-state index contributed by atoms with van der Waals surface area (Å²) >= 11 is 6.42. The fourth-order valence-electron chi connectivity index (χ4n) is 4.93. The van der Waals surface area contributed by atoms with Gasteiger partial charge in [0.2, 0.25) is 0 Å². The molecule has 0 radical (unpaired) electrons. The van der Waals surface area contributed by atoms with E-state index in [1.54, 1.807) is 43.2 Å². The third-order valence-electron chi connectivity index (χ3n) is 7.12. The number of carbonyl (C=O) groups excluding carboxylic acids is 1. The fraction of sp³-hybridized carbons (Fsp3) is 0.290. The summed E-state index contributed by atoms with van der Waals surface area (Å²) in [6.07, 6.45) is 0.901. The molecule has 2 heterocycles. The normalized spacial score (nSPS) is 14.6. The Balaban J connectivity index is 1.62. The van der Waals surface area contributed by atoms with Crippen molar-refractivity contribution in [2.45, 2.75) is 39.8 Å². The largest absolute Gasteiger partial charge is 0.507 e. The van der Waals surface area contributed by atoms with Crippen molar-refractivity contribution in [2.75, 3.05) is 13.7 Å².